The van der Waals surface area contributed by atoms with Gasteiger partial charge in [-0.1, -0.05) is 33.3 Å². The Hall–Kier alpha value is -0.310. The van der Waals surface area contributed by atoms with Crippen molar-refractivity contribution in [3.8, 4) is 0 Å². The Kier molecular flexibility index (Phi) is 8.77. The molecule has 0 aromatic heterocycles. The third-order valence-corrected chi connectivity index (χ3v) is 3.10. The van der Waals surface area contributed by atoms with Gasteiger partial charge in [0, 0.05) is 0 Å². The molecule has 0 unspecified atom stereocenters. The monoisotopic (exact) mass is 236 g/mol. The molecule has 0 aliphatic carbocycles. The SMILES string of the molecule is C=COP(=O)(OCCCC)OCCCC. The molecule has 5 heteroatoms. The minimum Gasteiger partial charge on any atom is -0.413 e. The molecule has 0 bridgehead atoms. The van der Waals surface area contributed by atoms with Gasteiger partial charge in [-0.2, -0.15) is 0 Å². The third-order valence-electron chi connectivity index (χ3n) is 1.70. The van der Waals surface area contributed by atoms with Crippen molar-refractivity contribution in [1.29, 1.82) is 0 Å². The summed E-state index contributed by atoms with van der Waals surface area (Å²) in [7, 11) is -3.40. The van der Waals surface area contributed by atoms with E-state index in [4.69, 9.17) is 13.6 Å². The second-order valence-electron chi connectivity index (χ2n) is 3.09. The Morgan fingerprint density at radius 2 is 1.60 bits per heavy atom. The first-order valence-electron chi connectivity index (χ1n) is 5.37. The fourth-order valence-electron chi connectivity index (χ4n) is 0.831. The van der Waals surface area contributed by atoms with Gasteiger partial charge in [0.15, 0.2) is 0 Å². The predicted octanol–water partition coefficient (Wildman–Crippen LogP) is 3.89. The van der Waals surface area contributed by atoms with Gasteiger partial charge in [0.05, 0.1) is 19.5 Å². The standard InChI is InChI=1S/C10H21O4P/c1-4-7-9-13-15(11,12-6-3)14-10-8-5-2/h6H,3-5,7-10H2,1-2H3. The van der Waals surface area contributed by atoms with Crippen LogP contribution in [0.5, 0.6) is 0 Å². The van der Waals surface area contributed by atoms with E-state index in [0.29, 0.717) is 13.2 Å². The van der Waals surface area contributed by atoms with Crippen LogP contribution in [-0.2, 0) is 18.1 Å². The minimum absolute atomic E-state index is 0.383. The molecule has 0 aliphatic rings. The van der Waals surface area contributed by atoms with Crippen LogP contribution in [-0.4, -0.2) is 13.2 Å². The Morgan fingerprint density at radius 3 is 1.93 bits per heavy atom. The maximum Gasteiger partial charge on any atom is 0.529 e. The van der Waals surface area contributed by atoms with Crippen molar-refractivity contribution in [2.45, 2.75) is 39.5 Å². The van der Waals surface area contributed by atoms with E-state index in [2.05, 4.69) is 6.58 Å². The molecule has 0 saturated heterocycles. The summed E-state index contributed by atoms with van der Waals surface area (Å²) in [5.41, 5.74) is 0. The first kappa shape index (κ1) is 14.7. The first-order valence-corrected chi connectivity index (χ1v) is 6.83. The van der Waals surface area contributed by atoms with Crippen LogP contribution >= 0.6 is 7.82 Å². The van der Waals surface area contributed by atoms with Crippen molar-refractivity contribution in [1.82, 2.24) is 0 Å². The van der Waals surface area contributed by atoms with Gasteiger partial charge in [-0.05, 0) is 12.8 Å². The van der Waals surface area contributed by atoms with Crippen molar-refractivity contribution < 1.29 is 18.1 Å². The van der Waals surface area contributed by atoms with Crippen LogP contribution in [0.3, 0.4) is 0 Å². The van der Waals surface area contributed by atoms with E-state index in [1.54, 1.807) is 0 Å². The molecule has 0 radical (unpaired) electrons. The van der Waals surface area contributed by atoms with Gasteiger partial charge >= 0.3 is 7.82 Å². The van der Waals surface area contributed by atoms with E-state index in [1.165, 1.54) is 0 Å². The molecule has 0 amide bonds. The van der Waals surface area contributed by atoms with E-state index in [0.717, 1.165) is 31.9 Å². The summed E-state index contributed by atoms with van der Waals surface area (Å²) in [4.78, 5) is 0. The van der Waals surface area contributed by atoms with E-state index >= 15 is 0 Å². The maximum absolute atomic E-state index is 11.8. The van der Waals surface area contributed by atoms with Crippen LogP contribution in [0.1, 0.15) is 39.5 Å². The molecular weight excluding hydrogens is 215 g/mol. The van der Waals surface area contributed by atoms with Gasteiger partial charge in [-0.15, -0.1) is 0 Å². The molecule has 0 N–H and O–H groups in total. The van der Waals surface area contributed by atoms with Gasteiger partial charge in [0.2, 0.25) is 0 Å². The molecule has 0 aromatic rings. The molecule has 0 aliphatic heterocycles. The Labute approximate surface area is 92.2 Å². The number of hydrogen-bond donors (Lipinski definition) is 0. The summed E-state index contributed by atoms with van der Waals surface area (Å²) in [6, 6.07) is 0. The molecule has 90 valence electrons. The highest BCUT2D eigenvalue weighted by Crippen LogP contribution is 2.49. The van der Waals surface area contributed by atoms with Crippen molar-refractivity contribution >= 4 is 7.82 Å². The molecule has 0 atom stereocenters. The Bertz CT molecular complexity index is 192. The summed E-state index contributed by atoms with van der Waals surface area (Å²) in [6.07, 6.45) is 4.72. The van der Waals surface area contributed by atoms with Crippen LogP contribution in [0, 0.1) is 0 Å². The van der Waals surface area contributed by atoms with Crippen molar-refractivity contribution in [2.24, 2.45) is 0 Å². The van der Waals surface area contributed by atoms with Crippen molar-refractivity contribution in [3.63, 3.8) is 0 Å². The maximum atomic E-state index is 11.8. The second kappa shape index (κ2) is 8.96. The Morgan fingerprint density at radius 1 is 1.13 bits per heavy atom. The predicted molar refractivity (Wildman–Crippen MR) is 60.6 cm³/mol. The minimum atomic E-state index is -3.40. The topological polar surface area (TPSA) is 44.8 Å². The molecule has 0 spiro atoms. The summed E-state index contributed by atoms with van der Waals surface area (Å²) in [5.74, 6) is 0. The number of unbranched alkanes of at least 4 members (excludes halogenated alkanes) is 2. The smallest absolute Gasteiger partial charge is 0.413 e. The van der Waals surface area contributed by atoms with Gasteiger partial charge in [0.1, 0.15) is 0 Å². The fraction of sp³-hybridized carbons (Fsp3) is 0.800. The van der Waals surface area contributed by atoms with Crippen LogP contribution < -0.4 is 0 Å². The summed E-state index contributed by atoms with van der Waals surface area (Å²) in [5, 5.41) is 0. The average Bonchev–Trinajstić information content (AvgIpc) is 2.19. The van der Waals surface area contributed by atoms with Crippen LogP contribution in [0.4, 0.5) is 0 Å². The van der Waals surface area contributed by atoms with Crippen LogP contribution in [0.25, 0.3) is 0 Å². The van der Waals surface area contributed by atoms with Gasteiger partial charge in [0.25, 0.3) is 0 Å². The number of phosphoric ester groups is 1. The lowest BCUT2D eigenvalue weighted by Crippen LogP contribution is -2.00. The fourth-order valence-corrected chi connectivity index (χ4v) is 1.92. The number of rotatable bonds is 10. The largest absolute Gasteiger partial charge is 0.529 e. The molecular formula is C10H21O4P. The molecule has 0 heterocycles. The van der Waals surface area contributed by atoms with E-state index in [9.17, 15) is 4.57 Å². The summed E-state index contributed by atoms with van der Waals surface area (Å²) in [6.45, 7) is 8.17. The quantitative estimate of drug-likeness (QED) is 0.328. The molecule has 0 fully saturated rings. The lowest BCUT2D eigenvalue weighted by molar-refractivity contribution is 0.140. The highest BCUT2D eigenvalue weighted by molar-refractivity contribution is 7.48. The zero-order valence-electron chi connectivity index (χ0n) is 9.61. The summed E-state index contributed by atoms with van der Waals surface area (Å²) < 4.78 is 26.8. The van der Waals surface area contributed by atoms with Crippen molar-refractivity contribution in [2.75, 3.05) is 13.2 Å². The zero-order valence-corrected chi connectivity index (χ0v) is 10.5. The van der Waals surface area contributed by atoms with Crippen LogP contribution in [0.2, 0.25) is 0 Å². The lowest BCUT2D eigenvalue weighted by atomic mass is 10.4. The highest BCUT2D eigenvalue weighted by atomic mass is 31.2. The highest BCUT2D eigenvalue weighted by Gasteiger charge is 2.25. The molecule has 0 aromatic carbocycles. The molecule has 0 rings (SSSR count). The first-order chi connectivity index (χ1) is 7.18. The lowest BCUT2D eigenvalue weighted by Gasteiger charge is -2.15. The molecule has 4 nitrogen and oxygen atoms in total. The van der Waals surface area contributed by atoms with Gasteiger partial charge in [-0.25, -0.2) is 4.57 Å². The zero-order chi connectivity index (χ0) is 11.6. The molecule has 15 heavy (non-hydrogen) atoms. The molecule has 0 saturated carbocycles. The normalized spacial score (nSPS) is 11.3. The summed E-state index contributed by atoms with van der Waals surface area (Å²) >= 11 is 0. The second-order valence-corrected chi connectivity index (χ2v) is 4.71. The van der Waals surface area contributed by atoms with E-state index < -0.39 is 7.82 Å². The van der Waals surface area contributed by atoms with Gasteiger partial charge in [-0.3, -0.25) is 9.05 Å². The van der Waals surface area contributed by atoms with E-state index in [1.807, 2.05) is 13.8 Å². The van der Waals surface area contributed by atoms with Crippen molar-refractivity contribution in [3.05, 3.63) is 12.8 Å². The third kappa shape index (κ3) is 7.60. The number of phosphoric acid groups is 1. The average molecular weight is 236 g/mol. The van der Waals surface area contributed by atoms with E-state index in [-0.39, 0.29) is 0 Å². The van der Waals surface area contributed by atoms with Gasteiger partial charge < -0.3 is 4.52 Å². The Balaban J connectivity index is 3.94. The van der Waals surface area contributed by atoms with Crippen LogP contribution in [0.15, 0.2) is 12.8 Å². The number of hydrogen-bond acceptors (Lipinski definition) is 4.